The van der Waals surface area contributed by atoms with E-state index < -0.39 is 0 Å². The summed E-state index contributed by atoms with van der Waals surface area (Å²) in [6, 6.07) is 12.8. The smallest absolute Gasteiger partial charge is 0 e. The van der Waals surface area contributed by atoms with E-state index in [0.717, 1.165) is 0 Å². The molecule has 0 saturated heterocycles. The van der Waals surface area contributed by atoms with Crippen LogP contribution in [0.3, 0.4) is 0 Å². The van der Waals surface area contributed by atoms with Crippen molar-refractivity contribution in [3.8, 4) is 0 Å². The van der Waals surface area contributed by atoms with Gasteiger partial charge in [0.2, 0.25) is 0 Å². The SMILES string of the molecule is C[c-]1ccc2ccccc21.F.[Ti]. The molecule has 0 amide bonds. The summed E-state index contributed by atoms with van der Waals surface area (Å²) in [5.41, 5.74) is 1.37. The minimum Gasteiger partial charge on any atom is -0.269 e. The van der Waals surface area contributed by atoms with E-state index in [1.54, 1.807) is 0 Å². The molecule has 12 heavy (non-hydrogen) atoms. The molecule has 2 heteroatoms. The molecule has 0 aromatic heterocycles. The monoisotopic (exact) mass is 197 g/mol. The summed E-state index contributed by atoms with van der Waals surface area (Å²) in [6.45, 7) is 2.14. The quantitative estimate of drug-likeness (QED) is 0.449. The molecule has 62 valence electrons. The van der Waals surface area contributed by atoms with Crippen LogP contribution in [0.15, 0.2) is 36.4 Å². The first kappa shape index (κ1) is 11.5. The Labute approximate surface area is 86.2 Å². The summed E-state index contributed by atoms with van der Waals surface area (Å²) < 4.78 is 0. The van der Waals surface area contributed by atoms with E-state index in [4.69, 9.17) is 0 Å². The van der Waals surface area contributed by atoms with Crippen LogP contribution < -0.4 is 0 Å². The average molecular weight is 197 g/mol. The summed E-state index contributed by atoms with van der Waals surface area (Å²) in [6.07, 6.45) is 0. The van der Waals surface area contributed by atoms with Crippen LogP contribution in [-0.2, 0) is 21.7 Å². The van der Waals surface area contributed by atoms with Gasteiger partial charge in [0.05, 0.1) is 0 Å². The molecule has 2 rings (SSSR count). The van der Waals surface area contributed by atoms with E-state index in [0.29, 0.717) is 0 Å². The molecule has 0 nitrogen and oxygen atoms in total. The Kier molecular flexibility index (Phi) is 4.29. The zero-order valence-electron chi connectivity index (χ0n) is 6.87. The Morgan fingerprint density at radius 3 is 2.42 bits per heavy atom. The van der Waals surface area contributed by atoms with Gasteiger partial charge in [0, 0.05) is 21.7 Å². The fraction of sp³-hybridized carbons (Fsp3) is 0.100. The van der Waals surface area contributed by atoms with Crippen molar-refractivity contribution in [1.29, 1.82) is 0 Å². The van der Waals surface area contributed by atoms with E-state index in [1.165, 1.54) is 16.3 Å². The summed E-state index contributed by atoms with van der Waals surface area (Å²) in [5.74, 6) is 0. The third kappa shape index (κ3) is 1.79. The van der Waals surface area contributed by atoms with Crippen LogP contribution in [0.5, 0.6) is 0 Å². The topological polar surface area (TPSA) is 0 Å². The molecule has 0 fully saturated rings. The average Bonchev–Trinajstić information content (AvgIpc) is 2.34. The zero-order valence-corrected chi connectivity index (χ0v) is 8.43. The molecule has 0 radical (unpaired) electrons. The van der Waals surface area contributed by atoms with Crippen LogP contribution in [0.4, 0.5) is 4.70 Å². The second kappa shape index (κ2) is 4.49. The molecule has 0 aliphatic carbocycles. The standard InChI is InChI=1S/C10H9.FH.Ti/c1-8-6-7-9-4-2-3-5-10(8)9;;/h2-7H,1H3;1H;/q-1;;. The maximum atomic E-state index is 2.16. The van der Waals surface area contributed by atoms with E-state index >= 15 is 0 Å². The Balaban J connectivity index is 0.000000605. The molecule has 2 aromatic carbocycles. The minimum atomic E-state index is 0. The van der Waals surface area contributed by atoms with Crippen LogP contribution in [0.25, 0.3) is 10.8 Å². The van der Waals surface area contributed by atoms with Crippen LogP contribution in [0.2, 0.25) is 0 Å². The number of hydrogen-bond acceptors (Lipinski definition) is 0. The Morgan fingerprint density at radius 2 is 1.75 bits per heavy atom. The van der Waals surface area contributed by atoms with E-state index in [-0.39, 0.29) is 26.4 Å². The van der Waals surface area contributed by atoms with Crippen molar-refractivity contribution in [2.75, 3.05) is 0 Å². The molecular formula is C10H10FTi-. The molecule has 0 N–H and O–H groups in total. The van der Waals surface area contributed by atoms with Gasteiger partial charge in [0.25, 0.3) is 0 Å². The summed E-state index contributed by atoms with van der Waals surface area (Å²) in [4.78, 5) is 0. The van der Waals surface area contributed by atoms with Crippen LogP contribution >= 0.6 is 0 Å². The van der Waals surface area contributed by atoms with Gasteiger partial charge in [0.15, 0.2) is 0 Å². The van der Waals surface area contributed by atoms with Crippen molar-refractivity contribution in [2.24, 2.45) is 0 Å². The van der Waals surface area contributed by atoms with Crippen LogP contribution in [0, 0.1) is 6.92 Å². The van der Waals surface area contributed by atoms with Gasteiger partial charge in [-0.15, -0.1) is 34.5 Å². The zero-order chi connectivity index (χ0) is 6.97. The van der Waals surface area contributed by atoms with Gasteiger partial charge in [-0.05, 0) is 0 Å². The van der Waals surface area contributed by atoms with Crippen LogP contribution in [0.1, 0.15) is 5.56 Å². The molecule has 0 bridgehead atoms. The number of fused-ring (bicyclic) bond motifs is 1. The maximum Gasteiger partial charge on any atom is 0 e. The number of hydrogen-bond donors (Lipinski definition) is 0. The normalized spacial score (nSPS) is 8.75. The summed E-state index contributed by atoms with van der Waals surface area (Å²) in [7, 11) is 0. The number of benzene rings is 1. The van der Waals surface area contributed by atoms with E-state index in [2.05, 4.69) is 43.3 Å². The molecule has 2 aromatic rings. The van der Waals surface area contributed by atoms with Crippen molar-refractivity contribution in [2.45, 2.75) is 6.92 Å². The predicted octanol–water partition coefficient (Wildman–Crippen LogP) is 3.02. The van der Waals surface area contributed by atoms with Gasteiger partial charge in [0.1, 0.15) is 0 Å². The third-order valence-corrected chi connectivity index (χ3v) is 1.90. The number of halogens is 1. The molecule has 0 aliphatic rings. The summed E-state index contributed by atoms with van der Waals surface area (Å²) in [5, 5.41) is 2.72. The van der Waals surface area contributed by atoms with Crippen LogP contribution in [-0.4, -0.2) is 0 Å². The van der Waals surface area contributed by atoms with E-state index in [1.807, 2.05) is 0 Å². The fourth-order valence-electron chi connectivity index (χ4n) is 1.31. The first-order chi connectivity index (χ1) is 4.88. The Morgan fingerprint density at radius 1 is 1.08 bits per heavy atom. The first-order valence-corrected chi connectivity index (χ1v) is 3.49. The second-order valence-electron chi connectivity index (χ2n) is 2.60. The van der Waals surface area contributed by atoms with Gasteiger partial charge in [-0.25, -0.2) is 0 Å². The Bertz CT molecular complexity index is 351. The molecule has 0 unspecified atom stereocenters. The van der Waals surface area contributed by atoms with Gasteiger partial charge in [-0.1, -0.05) is 13.0 Å². The molecular weight excluding hydrogens is 187 g/mol. The summed E-state index contributed by atoms with van der Waals surface area (Å²) >= 11 is 0. The third-order valence-electron chi connectivity index (χ3n) is 1.90. The van der Waals surface area contributed by atoms with Crippen molar-refractivity contribution >= 4 is 10.8 Å². The van der Waals surface area contributed by atoms with Gasteiger partial charge in [-0.2, -0.15) is 12.1 Å². The molecule has 0 heterocycles. The van der Waals surface area contributed by atoms with Crippen molar-refractivity contribution < 1.29 is 26.4 Å². The number of rotatable bonds is 0. The molecule has 0 spiro atoms. The first-order valence-electron chi connectivity index (χ1n) is 3.49. The molecule has 0 saturated carbocycles. The Hall–Kier alpha value is -0.526. The second-order valence-corrected chi connectivity index (χ2v) is 2.60. The van der Waals surface area contributed by atoms with Crippen molar-refractivity contribution in [3.63, 3.8) is 0 Å². The fourth-order valence-corrected chi connectivity index (χ4v) is 1.31. The largest absolute Gasteiger partial charge is 0.269 e. The van der Waals surface area contributed by atoms with Crippen molar-refractivity contribution in [3.05, 3.63) is 42.0 Å². The number of aryl methyl sites for hydroxylation is 1. The minimum absolute atomic E-state index is 0. The maximum absolute atomic E-state index is 2.16. The molecule has 0 atom stereocenters. The van der Waals surface area contributed by atoms with Gasteiger partial charge in [-0.3, -0.25) is 4.70 Å². The molecule has 0 aliphatic heterocycles. The van der Waals surface area contributed by atoms with Gasteiger partial charge < -0.3 is 0 Å². The van der Waals surface area contributed by atoms with Gasteiger partial charge >= 0.3 is 0 Å². The predicted molar refractivity (Wildman–Crippen MR) is 46.8 cm³/mol. The van der Waals surface area contributed by atoms with E-state index in [9.17, 15) is 0 Å². The van der Waals surface area contributed by atoms with Crippen molar-refractivity contribution in [1.82, 2.24) is 0 Å².